The van der Waals surface area contributed by atoms with Gasteiger partial charge in [-0.2, -0.15) is 0 Å². The first kappa shape index (κ1) is 14.6. The molecule has 3 nitrogen and oxygen atoms in total. The molecule has 0 unspecified atom stereocenters. The van der Waals surface area contributed by atoms with Gasteiger partial charge in [-0.3, -0.25) is 9.69 Å². The van der Waals surface area contributed by atoms with Crippen molar-refractivity contribution in [2.45, 2.75) is 6.92 Å². The molecule has 4 heteroatoms. The van der Waals surface area contributed by atoms with Gasteiger partial charge in [0.05, 0.1) is 10.6 Å². The molecule has 0 atom stereocenters. The third-order valence-corrected chi connectivity index (χ3v) is 4.29. The maximum Gasteiger partial charge on any atom is 0.266 e. The lowest BCUT2D eigenvalue weighted by atomic mass is 10.2. The van der Waals surface area contributed by atoms with E-state index in [9.17, 15) is 4.79 Å². The van der Waals surface area contributed by atoms with E-state index in [0.717, 1.165) is 16.4 Å². The highest BCUT2D eigenvalue weighted by Crippen LogP contribution is 2.33. The molecule has 1 aliphatic heterocycles. The first-order valence-corrected chi connectivity index (χ1v) is 8.00. The Hall–Kier alpha value is -2.33. The van der Waals surface area contributed by atoms with E-state index < -0.39 is 0 Å². The third kappa shape index (κ3) is 3.12. The molecule has 1 saturated heterocycles. The molecule has 1 amide bonds. The molecular formula is C18H16N2OS. The predicted octanol–water partition coefficient (Wildman–Crippen LogP) is 4.31. The number of thioether (sulfide) groups is 1. The second-order valence-electron chi connectivity index (χ2n) is 4.80. The fourth-order valence-corrected chi connectivity index (χ4v) is 3.25. The Balaban J connectivity index is 1.92. The van der Waals surface area contributed by atoms with Crippen molar-refractivity contribution in [1.29, 1.82) is 0 Å². The average Bonchev–Trinajstić information content (AvgIpc) is 2.84. The van der Waals surface area contributed by atoms with E-state index in [0.29, 0.717) is 11.4 Å². The van der Waals surface area contributed by atoms with E-state index in [2.05, 4.69) is 4.99 Å². The van der Waals surface area contributed by atoms with Crippen molar-refractivity contribution in [2.24, 2.45) is 4.99 Å². The molecule has 0 spiro atoms. The van der Waals surface area contributed by atoms with Crippen molar-refractivity contribution in [1.82, 2.24) is 4.90 Å². The van der Waals surface area contributed by atoms with Gasteiger partial charge in [0, 0.05) is 6.54 Å². The van der Waals surface area contributed by atoms with Crippen molar-refractivity contribution in [3.63, 3.8) is 0 Å². The Labute approximate surface area is 134 Å². The molecule has 3 rings (SSSR count). The lowest BCUT2D eigenvalue weighted by molar-refractivity contribution is -0.122. The van der Waals surface area contributed by atoms with Crippen LogP contribution in [0.2, 0.25) is 0 Å². The SMILES string of the molecule is CCN1C(=O)/C(=C/c2ccccc2)SC1=Nc1ccccc1. The van der Waals surface area contributed by atoms with E-state index in [1.54, 1.807) is 4.90 Å². The minimum Gasteiger partial charge on any atom is -0.287 e. The zero-order chi connectivity index (χ0) is 15.4. The highest BCUT2D eigenvalue weighted by Gasteiger charge is 2.32. The first-order chi connectivity index (χ1) is 10.8. The lowest BCUT2D eigenvalue weighted by Gasteiger charge is -2.11. The van der Waals surface area contributed by atoms with Crippen LogP contribution in [0.1, 0.15) is 12.5 Å². The first-order valence-electron chi connectivity index (χ1n) is 7.18. The molecule has 0 radical (unpaired) electrons. The Morgan fingerprint density at radius 3 is 2.32 bits per heavy atom. The third-order valence-electron chi connectivity index (χ3n) is 3.28. The Morgan fingerprint density at radius 2 is 1.68 bits per heavy atom. The normalized spacial score (nSPS) is 18.4. The van der Waals surface area contributed by atoms with Crippen molar-refractivity contribution in [2.75, 3.05) is 6.54 Å². The number of amidine groups is 1. The number of hydrogen-bond acceptors (Lipinski definition) is 3. The Kier molecular flexibility index (Phi) is 4.39. The smallest absolute Gasteiger partial charge is 0.266 e. The molecule has 1 fully saturated rings. The van der Waals surface area contributed by atoms with Crippen LogP contribution in [0, 0.1) is 0 Å². The summed E-state index contributed by atoms with van der Waals surface area (Å²) in [6.45, 7) is 2.58. The van der Waals surface area contributed by atoms with Gasteiger partial charge in [-0.15, -0.1) is 0 Å². The molecule has 0 N–H and O–H groups in total. The van der Waals surface area contributed by atoms with Gasteiger partial charge in [0.1, 0.15) is 0 Å². The minimum absolute atomic E-state index is 0.0195. The van der Waals surface area contributed by atoms with Crippen LogP contribution in [0.5, 0.6) is 0 Å². The van der Waals surface area contributed by atoms with Gasteiger partial charge in [0.2, 0.25) is 0 Å². The molecule has 1 aliphatic rings. The monoisotopic (exact) mass is 308 g/mol. The van der Waals surface area contributed by atoms with Gasteiger partial charge in [-0.05, 0) is 42.5 Å². The average molecular weight is 308 g/mol. The van der Waals surface area contributed by atoms with Crippen LogP contribution in [0.15, 0.2) is 70.6 Å². The van der Waals surface area contributed by atoms with E-state index in [4.69, 9.17) is 0 Å². The van der Waals surface area contributed by atoms with Crippen LogP contribution in [0.3, 0.4) is 0 Å². The molecule has 2 aromatic rings. The van der Waals surface area contributed by atoms with Crippen LogP contribution in [-0.4, -0.2) is 22.5 Å². The summed E-state index contributed by atoms with van der Waals surface area (Å²) in [6.07, 6.45) is 1.92. The maximum absolute atomic E-state index is 12.5. The quantitative estimate of drug-likeness (QED) is 0.791. The van der Waals surface area contributed by atoms with Crippen LogP contribution in [0.25, 0.3) is 6.08 Å². The number of amides is 1. The molecule has 0 aromatic heterocycles. The van der Waals surface area contributed by atoms with Gasteiger partial charge in [0.15, 0.2) is 5.17 Å². The number of para-hydroxylation sites is 1. The summed E-state index contributed by atoms with van der Waals surface area (Å²) in [4.78, 5) is 19.5. The highest BCUT2D eigenvalue weighted by molar-refractivity contribution is 8.18. The number of carbonyl (C=O) groups is 1. The van der Waals surface area contributed by atoms with E-state index in [1.165, 1.54) is 11.8 Å². The summed E-state index contributed by atoms with van der Waals surface area (Å²) in [5, 5.41) is 0.737. The van der Waals surface area contributed by atoms with Crippen molar-refractivity contribution < 1.29 is 4.79 Å². The number of rotatable bonds is 3. The summed E-state index contributed by atoms with van der Waals surface area (Å²) < 4.78 is 0. The zero-order valence-electron chi connectivity index (χ0n) is 12.3. The summed E-state index contributed by atoms with van der Waals surface area (Å²) in [7, 11) is 0. The van der Waals surface area contributed by atoms with Crippen LogP contribution < -0.4 is 0 Å². The largest absolute Gasteiger partial charge is 0.287 e. The number of likely N-dealkylation sites (N-methyl/N-ethyl adjacent to an activating group) is 1. The molecule has 1 heterocycles. The number of nitrogens with zero attached hydrogens (tertiary/aromatic N) is 2. The van der Waals surface area contributed by atoms with Gasteiger partial charge in [0.25, 0.3) is 5.91 Å². The summed E-state index contributed by atoms with van der Waals surface area (Å²) in [5.74, 6) is 0.0195. The fraction of sp³-hybridized carbons (Fsp3) is 0.111. The number of aliphatic imine (C=N–C) groups is 1. The maximum atomic E-state index is 12.5. The molecule has 0 saturated carbocycles. The molecule has 110 valence electrons. The molecule has 0 bridgehead atoms. The number of hydrogen-bond donors (Lipinski definition) is 0. The van der Waals surface area contributed by atoms with Gasteiger partial charge in [-0.1, -0.05) is 48.5 Å². The van der Waals surface area contributed by atoms with Gasteiger partial charge < -0.3 is 0 Å². The highest BCUT2D eigenvalue weighted by atomic mass is 32.2. The van der Waals surface area contributed by atoms with E-state index in [-0.39, 0.29) is 5.91 Å². The van der Waals surface area contributed by atoms with Crippen LogP contribution >= 0.6 is 11.8 Å². The second kappa shape index (κ2) is 6.62. The minimum atomic E-state index is 0.0195. The Morgan fingerprint density at radius 1 is 1.05 bits per heavy atom. The topological polar surface area (TPSA) is 32.7 Å². The zero-order valence-corrected chi connectivity index (χ0v) is 13.1. The second-order valence-corrected chi connectivity index (χ2v) is 5.81. The molecular weight excluding hydrogens is 292 g/mol. The fourth-order valence-electron chi connectivity index (χ4n) is 2.18. The van der Waals surface area contributed by atoms with Gasteiger partial charge in [-0.25, -0.2) is 4.99 Å². The number of benzene rings is 2. The lowest BCUT2D eigenvalue weighted by Crippen LogP contribution is -2.28. The summed E-state index contributed by atoms with van der Waals surface area (Å²) in [5.41, 5.74) is 1.88. The van der Waals surface area contributed by atoms with Crippen LogP contribution in [-0.2, 0) is 4.79 Å². The van der Waals surface area contributed by atoms with E-state index in [1.807, 2.05) is 73.7 Å². The standard InChI is InChI=1S/C18H16N2OS/c1-2-20-17(21)16(13-14-9-5-3-6-10-14)22-18(20)19-15-11-7-4-8-12-15/h3-13H,2H2,1H3/b16-13-,19-18?. The molecule has 22 heavy (non-hydrogen) atoms. The van der Waals surface area contributed by atoms with Crippen LogP contribution in [0.4, 0.5) is 5.69 Å². The van der Waals surface area contributed by atoms with Crippen molar-refractivity contribution in [3.05, 3.63) is 71.1 Å². The molecule has 2 aromatic carbocycles. The summed E-state index contributed by atoms with van der Waals surface area (Å²) in [6, 6.07) is 19.6. The molecule has 0 aliphatic carbocycles. The predicted molar refractivity (Wildman–Crippen MR) is 92.9 cm³/mol. The Bertz CT molecular complexity index is 723. The van der Waals surface area contributed by atoms with Crippen molar-refractivity contribution in [3.8, 4) is 0 Å². The summed E-state index contributed by atoms with van der Waals surface area (Å²) >= 11 is 1.43. The van der Waals surface area contributed by atoms with Crippen molar-refractivity contribution >= 4 is 34.6 Å². The van der Waals surface area contributed by atoms with Gasteiger partial charge >= 0.3 is 0 Å². The number of carbonyl (C=O) groups excluding carboxylic acids is 1. The van der Waals surface area contributed by atoms with E-state index >= 15 is 0 Å².